The smallest absolute Gasteiger partial charge is 0.337 e. The largest absolute Gasteiger partial charge is 0.404 e. The average Bonchev–Trinajstić information content (AvgIpc) is 3.32. The Morgan fingerprint density at radius 3 is 2.37 bits per heavy atom. The number of carbonyl (C=O) groups excluding carboxylic acids is 2. The van der Waals surface area contributed by atoms with Gasteiger partial charge in [-0.15, -0.1) is 11.3 Å². The van der Waals surface area contributed by atoms with Crippen molar-refractivity contribution in [3.05, 3.63) is 47.1 Å². The number of nitrogens with one attached hydrogen (secondary N) is 2. The number of hydrazine groups is 1. The van der Waals surface area contributed by atoms with Crippen LogP contribution >= 0.6 is 11.3 Å². The van der Waals surface area contributed by atoms with E-state index in [1.807, 2.05) is 5.43 Å². The first-order valence-corrected chi connectivity index (χ1v) is 14.1. The van der Waals surface area contributed by atoms with Crippen LogP contribution in [0.25, 0.3) is 21.2 Å². The second-order valence-electron chi connectivity index (χ2n) is 9.19. The van der Waals surface area contributed by atoms with Crippen LogP contribution in [0.3, 0.4) is 0 Å². The predicted molar refractivity (Wildman–Crippen MR) is 137 cm³/mol. The van der Waals surface area contributed by atoms with Gasteiger partial charge in [0.1, 0.15) is 11.7 Å². The van der Waals surface area contributed by atoms with Crippen molar-refractivity contribution < 1.29 is 31.2 Å². The summed E-state index contributed by atoms with van der Waals surface area (Å²) in [7, 11) is -4.57. The molecule has 14 heteroatoms. The number of nitrogens with two attached hydrogens (primary N) is 1. The lowest BCUT2D eigenvalue weighted by Gasteiger charge is -2.30. The maximum atomic E-state index is 13.5. The normalized spacial score (nSPS) is 16.0. The number of fused-ring (bicyclic) bond motifs is 1. The Bertz CT molecular complexity index is 1480. The van der Waals surface area contributed by atoms with E-state index in [9.17, 15) is 31.2 Å². The number of rotatable bonds is 6. The van der Waals surface area contributed by atoms with E-state index in [0.717, 1.165) is 24.2 Å². The zero-order chi connectivity index (χ0) is 27.8. The van der Waals surface area contributed by atoms with Gasteiger partial charge in [0.15, 0.2) is 5.01 Å². The van der Waals surface area contributed by atoms with Crippen LogP contribution in [0.1, 0.15) is 47.0 Å². The molecule has 0 radical (unpaired) electrons. The molecule has 204 valence electrons. The number of halogens is 3. The monoisotopic (exact) mass is 569 g/mol. The van der Waals surface area contributed by atoms with Crippen molar-refractivity contribution >= 4 is 43.9 Å². The summed E-state index contributed by atoms with van der Waals surface area (Å²) in [6.07, 6.45) is -3.13. The van der Waals surface area contributed by atoms with E-state index in [2.05, 4.69) is 11.9 Å². The van der Waals surface area contributed by atoms with Crippen molar-refractivity contribution in [1.29, 1.82) is 0 Å². The van der Waals surface area contributed by atoms with Gasteiger partial charge in [0.25, 0.3) is 11.8 Å². The first-order chi connectivity index (χ1) is 17.8. The summed E-state index contributed by atoms with van der Waals surface area (Å²) in [6, 6.07) is 6.53. The molecule has 9 nitrogen and oxygen atoms in total. The highest BCUT2D eigenvalue weighted by Gasteiger charge is 2.39. The number of thiazole rings is 1. The number of hydrogen-bond acceptors (Lipinski definition) is 7. The molecular formula is C24H26F3N5O4S2. The van der Waals surface area contributed by atoms with Gasteiger partial charge in [-0.05, 0) is 37.1 Å². The molecule has 1 aliphatic heterocycles. The maximum absolute atomic E-state index is 13.5. The van der Waals surface area contributed by atoms with Crippen molar-refractivity contribution in [3.63, 3.8) is 0 Å². The number of piperidine rings is 1. The number of hydrogen-bond donors (Lipinski definition) is 3. The van der Waals surface area contributed by atoms with E-state index in [4.69, 9.17) is 5.84 Å². The van der Waals surface area contributed by atoms with Crippen LogP contribution in [0, 0.1) is 5.92 Å². The second kappa shape index (κ2) is 10.6. The van der Waals surface area contributed by atoms with Crippen LogP contribution in [-0.2, 0) is 10.0 Å². The minimum absolute atomic E-state index is 0.0210. The Morgan fingerprint density at radius 1 is 1.13 bits per heavy atom. The van der Waals surface area contributed by atoms with E-state index in [1.54, 1.807) is 27.8 Å². The molecule has 4 rings (SSSR count). The lowest BCUT2D eigenvalue weighted by Crippen LogP contribution is -2.43. The van der Waals surface area contributed by atoms with Gasteiger partial charge in [-0.1, -0.05) is 37.3 Å². The fraction of sp³-hybridized carbons (Fsp3) is 0.375. The molecule has 38 heavy (non-hydrogen) atoms. The van der Waals surface area contributed by atoms with Crippen LogP contribution in [-0.4, -0.2) is 55.4 Å². The number of amides is 2. The molecule has 1 aliphatic rings. The van der Waals surface area contributed by atoms with Crippen LogP contribution in [0.2, 0.25) is 0 Å². The summed E-state index contributed by atoms with van der Waals surface area (Å²) < 4.78 is 66.8. The Balaban J connectivity index is 1.85. The number of likely N-dealkylation sites (tertiary alicyclic amines) is 1. The molecule has 2 heterocycles. The molecule has 4 N–H and O–H groups in total. The Labute approximate surface area is 221 Å². The number of alkyl halides is 3. The summed E-state index contributed by atoms with van der Waals surface area (Å²) in [4.78, 5) is 31.7. The van der Waals surface area contributed by atoms with Gasteiger partial charge in [0, 0.05) is 24.0 Å². The van der Waals surface area contributed by atoms with Gasteiger partial charge < -0.3 is 4.90 Å². The summed E-state index contributed by atoms with van der Waals surface area (Å²) in [5, 5.41) is 0.452. The van der Waals surface area contributed by atoms with Crippen molar-refractivity contribution in [1.82, 2.24) is 20.0 Å². The minimum Gasteiger partial charge on any atom is -0.337 e. The van der Waals surface area contributed by atoms with Crippen molar-refractivity contribution in [3.8, 4) is 10.4 Å². The van der Waals surface area contributed by atoms with Crippen molar-refractivity contribution in [2.24, 2.45) is 11.8 Å². The average molecular weight is 570 g/mol. The molecule has 0 unspecified atom stereocenters. The summed E-state index contributed by atoms with van der Waals surface area (Å²) >= 11 is 0.916. The third-order valence-electron chi connectivity index (χ3n) is 6.47. The molecule has 2 amide bonds. The van der Waals surface area contributed by atoms with Crippen LogP contribution in [0.15, 0.2) is 41.3 Å². The van der Waals surface area contributed by atoms with Crippen LogP contribution in [0.4, 0.5) is 13.2 Å². The lowest BCUT2D eigenvalue weighted by atomic mass is 9.98. The van der Waals surface area contributed by atoms with E-state index in [0.29, 0.717) is 41.8 Å². The number of nitrogens with zero attached hydrogens (tertiary/aromatic N) is 2. The summed E-state index contributed by atoms with van der Waals surface area (Å²) in [6.45, 7) is 3.87. The molecule has 1 saturated heterocycles. The molecule has 0 bridgehead atoms. The first-order valence-electron chi connectivity index (χ1n) is 11.8. The van der Waals surface area contributed by atoms with Gasteiger partial charge in [-0.2, -0.15) is 17.9 Å². The second-order valence-corrected chi connectivity index (χ2v) is 11.9. The van der Waals surface area contributed by atoms with Gasteiger partial charge in [0.05, 0.1) is 9.77 Å². The molecule has 0 spiro atoms. The quantitative estimate of drug-likeness (QED) is 0.236. The van der Waals surface area contributed by atoms with E-state index in [1.165, 1.54) is 18.2 Å². The highest BCUT2D eigenvalue weighted by atomic mass is 32.2. The van der Waals surface area contributed by atoms with Crippen LogP contribution in [0.5, 0.6) is 0 Å². The molecule has 2 aromatic carbocycles. The minimum atomic E-state index is -4.77. The lowest BCUT2D eigenvalue weighted by molar-refractivity contribution is -0.147. The standard InChI is InChI=1S/C24H26F3N5O4S2/c1-13-9-11-32(12-10-13)23(34)19-20(37-22(29-19)21(33)30-28)17-7-8-18(16-6-4-3-5-15(16)17)38(35,36)31-14(2)24(25,26)27/h3-8,13-14,31H,9-12,28H2,1-2H3,(H,30,33)/t14-/m0/s1. The molecule has 3 aromatic rings. The highest BCUT2D eigenvalue weighted by molar-refractivity contribution is 7.89. The molecule has 1 fully saturated rings. The number of carbonyl (C=O) groups is 2. The van der Waals surface area contributed by atoms with Gasteiger partial charge in [0.2, 0.25) is 10.0 Å². The third-order valence-corrected chi connectivity index (χ3v) is 9.15. The Kier molecular flexibility index (Phi) is 7.79. The highest BCUT2D eigenvalue weighted by Crippen LogP contribution is 2.39. The number of benzene rings is 2. The number of aromatic nitrogens is 1. The van der Waals surface area contributed by atoms with E-state index >= 15 is 0 Å². The zero-order valence-electron chi connectivity index (χ0n) is 20.5. The van der Waals surface area contributed by atoms with Crippen molar-refractivity contribution in [2.45, 2.75) is 43.8 Å². The van der Waals surface area contributed by atoms with Gasteiger partial charge >= 0.3 is 6.18 Å². The maximum Gasteiger partial charge on any atom is 0.404 e. The predicted octanol–water partition coefficient (Wildman–Crippen LogP) is 3.67. The zero-order valence-corrected chi connectivity index (χ0v) is 22.1. The third kappa shape index (κ3) is 5.53. The number of sulfonamides is 1. The molecule has 0 aliphatic carbocycles. The molecule has 1 aromatic heterocycles. The SMILES string of the molecule is CC1CCN(C(=O)c2nc(C(=O)NN)sc2-c2ccc(S(=O)(=O)N[C@@H](C)C(F)(F)F)c3ccccc23)CC1. The molecule has 0 saturated carbocycles. The molecular weight excluding hydrogens is 543 g/mol. The van der Waals surface area contributed by atoms with Crippen molar-refractivity contribution in [2.75, 3.05) is 13.1 Å². The fourth-order valence-electron chi connectivity index (χ4n) is 4.23. The summed E-state index contributed by atoms with van der Waals surface area (Å²) in [5.74, 6) is 4.68. The van der Waals surface area contributed by atoms with E-state index in [-0.39, 0.29) is 26.9 Å². The van der Waals surface area contributed by atoms with E-state index < -0.39 is 28.1 Å². The summed E-state index contributed by atoms with van der Waals surface area (Å²) in [5.41, 5.74) is 2.43. The Hall–Kier alpha value is -3.07. The van der Waals surface area contributed by atoms with Crippen LogP contribution < -0.4 is 16.0 Å². The van der Waals surface area contributed by atoms with Gasteiger partial charge in [-0.25, -0.2) is 19.2 Å². The fourth-order valence-corrected chi connectivity index (χ4v) is 6.67. The Morgan fingerprint density at radius 2 is 1.76 bits per heavy atom. The molecule has 1 atom stereocenters. The topological polar surface area (TPSA) is 134 Å². The number of nitrogen functional groups attached to an aromatic ring is 1. The van der Waals surface area contributed by atoms with Gasteiger partial charge in [-0.3, -0.25) is 15.0 Å². The first kappa shape index (κ1) is 28.0.